The van der Waals surface area contributed by atoms with E-state index in [1.807, 2.05) is 27.0 Å². The van der Waals surface area contributed by atoms with Crippen molar-refractivity contribution in [3.63, 3.8) is 0 Å². The highest BCUT2D eigenvalue weighted by Gasteiger charge is 2.24. The van der Waals surface area contributed by atoms with Gasteiger partial charge in [0.05, 0.1) is 23.6 Å². The summed E-state index contributed by atoms with van der Waals surface area (Å²) < 4.78 is 1.79. The fourth-order valence-corrected chi connectivity index (χ4v) is 3.28. The fraction of sp³-hybridized carbons (Fsp3) is 0.562. The van der Waals surface area contributed by atoms with Crippen molar-refractivity contribution in [1.29, 1.82) is 0 Å². The minimum absolute atomic E-state index is 0.0226. The van der Waals surface area contributed by atoms with Gasteiger partial charge in [-0.25, -0.2) is 0 Å². The Kier molecular flexibility index (Phi) is 4.47. The molecule has 1 fully saturated rings. The van der Waals surface area contributed by atoms with Crippen molar-refractivity contribution in [2.24, 2.45) is 7.05 Å². The van der Waals surface area contributed by atoms with Gasteiger partial charge in [0.2, 0.25) is 5.91 Å². The van der Waals surface area contributed by atoms with E-state index in [2.05, 4.69) is 25.5 Å². The third-order valence-corrected chi connectivity index (χ3v) is 4.61. The van der Waals surface area contributed by atoms with Crippen molar-refractivity contribution in [2.45, 2.75) is 32.6 Å². The van der Waals surface area contributed by atoms with Crippen LogP contribution < -0.4 is 5.32 Å². The molecule has 1 amide bonds. The molecule has 3 heterocycles. The van der Waals surface area contributed by atoms with Crippen LogP contribution in [0.2, 0.25) is 0 Å². The van der Waals surface area contributed by atoms with Crippen LogP contribution in [0.15, 0.2) is 12.3 Å². The van der Waals surface area contributed by atoms with Gasteiger partial charge in [0.15, 0.2) is 0 Å². The van der Waals surface area contributed by atoms with Crippen molar-refractivity contribution in [3.05, 3.63) is 29.3 Å². The third-order valence-electron chi connectivity index (χ3n) is 4.61. The van der Waals surface area contributed by atoms with Gasteiger partial charge in [-0.15, -0.1) is 0 Å². The number of H-pyrrole nitrogens is 1. The van der Waals surface area contributed by atoms with E-state index in [1.165, 1.54) is 0 Å². The predicted molar refractivity (Wildman–Crippen MR) is 88.3 cm³/mol. The van der Waals surface area contributed by atoms with Crippen LogP contribution in [0.1, 0.15) is 35.8 Å². The summed E-state index contributed by atoms with van der Waals surface area (Å²) in [7, 11) is 1.89. The van der Waals surface area contributed by atoms with Crippen LogP contribution in [0.25, 0.3) is 0 Å². The summed E-state index contributed by atoms with van der Waals surface area (Å²) in [4.78, 5) is 14.6. The first-order chi connectivity index (χ1) is 11.0. The number of piperidine rings is 1. The van der Waals surface area contributed by atoms with Crippen molar-refractivity contribution in [2.75, 3.05) is 25.0 Å². The summed E-state index contributed by atoms with van der Waals surface area (Å²) in [6.07, 6.45) is 4.03. The Morgan fingerprint density at radius 1 is 1.48 bits per heavy atom. The quantitative estimate of drug-likeness (QED) is 0.897. The van der Waals surface area contributed by atoms with Crippen LogP contribution >= 0.6 is 0 Å². The lowest BCUT2D eigenvalue weighted by Crippen LogP contribution is -2.40. The van der Waals surface area contributed by atoms with Gasteiger partial charge in [0.25, 0.3) is 0 Å². The predicted octanol–water partition coefficient (Wildman–Crippen LogP) is 1.58. The van der Waals surface area contributed by atoms with Crippen LogP contribution in [-0.4, -0.2) is 50.4 Å². The molecule has 0 aromatic carbocycles. The summed E-state index contributed by atoms with van der Waals surface area (Å²) in [5.41, 5.74) is 3.82. The summed E-state index contributed by atoms with van der Waals surface area (Å²) in [5, 5.41) is 14.4. The smallest absolute Gasteiger partial charge is 0.238 e. The standard InChI is InChI=1S/C16H24N6O/c1-11-16(12(2)21(3)20-11)18-15(23)10-22-8-4-5-13(9-22)14-6-7-17-19-14/h6-7,13H,4-5,8-10H2,1-3H3,(H,17,19)(H,18,23). The number of aromatic amines is 1. The zero-order valence-corrected chi connectivity index (χ0v) is 14.0. The van der Waals surface area contributed by atoms with Gasteiger partial charge in [-0.05, 0) is 39.3 Å². The van der Waals surface area contributed by atoms with E-state index in [1.54, 1.807) is 10.9 Å². The Hall–Kier alpha value is -2.15. The van der Waals surface area contributed by atoms with Crippen LogP contribution in [0.5, 0.6) is 0 Å². The van der Waals surface area contributed by atoms with Gasteiger partial charge < -0.3 is 5.32 Å². The van der Waals surface area contributed by atoms with Gasteiger partial charge in [0, 0.05) is 31.4 Å². The van der Waals surface area contributed by atoms with Gasteiger partial charge in [-0.2, -0.15) is 10.2 Å². The zero-order valence-electron chi connectivity index (χ0n) is 14.0. The fourth-order valence-electron chi connectivity index (χ4n) is 3.28. The van der Waals surface area contributed by atoms with Crippen molar-refractivity contribution in [1.82, 2.24) is 24.9 Å². The molecule has 1 aliphatic heterocycles. The number of nitrogens with zero attached hydrogens (tertiary/aromatic N) is 4. The zero-order chi connectivity index (χ0) is 16.4. The third kappa shape index (κ3) is 3.44. The van der Waals surface area contributed by atoms with Crippen molar-refractivity contribution < 1.29 is 4.79 Å². The van der Waals surface area contributed by atoms with Crippen LogP contribution in [0.3, 0.4) is 0 Å². The van der Waals surface area contributed by atoms with Crippen LogP contribution in [0.4, 0.5) is 5.69 Å². The highest BCUT2D eigenvalue weighted by atomic mass is 16.2. The van der Waals surface area contributed by atoms with E-state index < -0.39 is 0 Å². The second-order valence-corrected chi connectivity index (χ2v) is 6.30. The minimum Gasteiger partial charge on any atom is -0.322 e. The number of aromatic nitrogens is 4. The summed E-state index contributed by atoms with van der Waals surface area (Å²) in [5.74, 6) is 0.454. The first kappa shape index (κ1) is 15.7. The molecule has 3 rings (SSSR count). The Balaban J connectivity index is 1.59. The average molecular weight is 316 g/mol. The molecule has 0 aliphatic carbocycles. The molecule has 23 heavy (non-hydrogen) atoms. The van der Waals surface area contributed by atoms with E-state index in [-0.39, 0.29) is 5.91 Å². The lowest BCUT2D eigenvalue weighted by atomic mass is 9.95. The number of carbonyl (C=O) groups is 1. The maximum Gasteiger partial charge on any atom is 0.238 e. The number of rotatable bonds is 4. The molecule has 7 heteroatoms. The molecular weight excluding hydrogens is 292 g/mol. The highest BCUT2D eigenvalue weighted by Crippen LogP contribution is 2.25. The molecule has 7 nitrogen and oxygen atoms in total. The number of hydrogen-bond acceptors (Lipinski definition) is 4. The highest BCUT2D eigenvalue weighted by molar-refractivity contribution is 5.93. The molecule has 0 bridgehead atoms. The van der Waals surface area contributed by atoms with Gasteiger partial charge in [-0.3, -0.25) is 19.5 Å². The molecule has 2 aromatic rings. The summed E-state index contributed by atoms with van der Waals surface area (Å²) >= 11 is 0. The van der Waals surface area contributed by atoms with Gasteiger partial charge in [0.1, 0.15) is 0 Å². The maximum atomic E-state index is 12.4. The first-order valence-electron chi connectivity index (χ1n) is 8.06. The molecule has 2 aromatic heterocycles. The number of carbonyl (C=O) groups excluding carboxylic acids is 1. The Bertz CT molecular complexity index is 675. The molecule has 1 aliphatic rings. The molecule has 0 spiro atoms. The number of aryl methyl sites for hydroxylation is 2. The van der Waals surface area contributed by atoms with Crippen LogP contribution in [-0.2, 0) is 11.8 Å². The molecule has 1 saturated heterocycles. The molecular formula is C16H24N6O. The number of amides is 1. The van der Waals surface area contributed by atoms with E-state index in [0.29, 0.717) is 12.5 Å². The number of anilines is 1. The van der Waals surface area contributed by atoms with Crippen LogP contribution in [0, 0.1) is 13.8 Å². The average Bonchev–Trinajstić information content (AvgIpc) is 3.13. The van der Waals surface area contributed by atoms with Gasteiger partial charge >= 0.3 is 0 Å². The van der Waals surface area contributed by atoms with E-state index in [0.717, 1.165) is 48.7 Å². The molecule has 124 valence electrons. The SMILES string of the molecule is Cc1nn(C)c(C)c1NC(=O)CN1CCCC(c2ccn[nH]2)C1. The lowest BCUT2D eigenvalue weighted by Gasteiger charge is -2.31. The van der Waals surface area contributed by atoms with Crippen molar-refractivity contribution in [3.8, 4) is 0 Å². The summed E-state index contributed by atoms with van der Waals surface area (Å²) in [6.45, 7) is 6.14. The first-order valence-corrected chi connectivity index (χ1v) is 8.06. The number of hydrogen-bond donors (Lipinski definition) is 2. The Labute approximate surface area is 136 Å². The number of likely N-dealkylation sites (tertiary alicyclic amines) is 1. The Morgan fingerprint density at radius 3 is 2.96 bits per heavy atom. The molecule has 1 unspecified atom stereocenters. The minimum atomic E-state index is 0.0226. The number of nitrogens with one attached hydrogen (secondary N) is 2. The molecule has 0 saturated carbocycles. The van der Waals surface area contributed by atoms with Crippen molar-refractivity contribution >= 4 is 11.6 Å². The second-order valence-electron chi connectivity index (χ2n) is 6.30. The van der Waals surface area contributed by atoms with E-state index in [4.69, 9.17) is 0 Å². The molecule has 2 N–H and O–H groups in total. The van der Waals surface area contributed by atoms with E-state index in [9.17, 15) is 4.79 Å². The van der Waals surface area contributed by atoms with E-state index >= 15 is 0 Å². The maximum absolute atomic E-state index is 12.4. The largest absolute Gasteiger partial charge is 0.322 e. The lowest BCUT2D eigenvalue weighted by molar-refractivity contribution is -0.117. The summed E-state index contributed by atoms with van der Waals surface area (Å²) in [6, 6.07) is 2.02. The monoisotopic (exact) mass is 316 g/mol. The molecule has 0 radical (unpaired) electrons. The normalized spacial score (nSPS) is 19.0. The molecule has 1 atom stereocenters. The van der Waals surface area contributed by atoms with Gasteiger partial charge in [-0.1, -0.05) is 0 Å². The second kappa shape index (κ2) is 6.54. The Morgan fingerprint density at radius 2 is 2.30 bits per heavy atom. The topological polar surface area (TPSA) is 78.8 Å².